The summed E-state index contributed by atoms with van der Waals surface area (Å²) in [5.74, 6) is 0. The summed E-state index contributed by atoms with van der Waals surface area (Å²) in [5.41, 5.74) is 0. The van der Waals surface area contributed by atoms with E-state index < -0.39 is 0 Å². The standard InChI is InChI=1S/C5H14N2O2.2CH4.2HI.V/c1-6-5-7(2)3-4-9-8;;;;;/h6,8H,3-5H2,1-2H3;2*1H4;2*1H;/q;;;;;+2/p-2. The van der Waals surface area contributed by atoms with Crippen molar-refractivity contribution in [2.45, 2.75) is 14.9 Å². The molecule has 0 unspecified atom stereocenters. The molecule has 2 N–H and O–H groups in total. The number of nitrogens with zero attached hydrogens (tertiary/aromatic N) is 1. The fourth-order valence-electron chi connectivity index (χ4n) is 0.546. The van der Waals surface area contributed by atoms with Crippen LogP contribution in [0.15, 0.2) is 0 Å². The third kappa shape index (κ3) is 29.2. The van der Waals surface area contributed by atoms with Gasteiger partial charge in [0.05, 0.1) is 6.61 Å². The zero-order valence-corrected chi connectivity index (χ0v) is 12.8. The Morgan fingerprint density at radius 1 is 1.43 bits per heavy atom. The Kier molecular flexibility index (Phi) is 43.1. The minimum absolute atomic E-state index is 0. The van der Waals surface area contributed by atoms with Crippen molar-refractivity contribution < 1.29 is 19.6 Å². The molecule has 0 aliphatic heterocycles. The monoisotopic (exact) mass is 471 g/mol. The van der Waals surface area contributed by atoms with Crippen LogP contribution in [-0.2, 0) is 14.4 Å². The first-order valence-electron chi connectivity index (χ1n) is 3.24. The molecule has 14 heavy (non-hydrogen) atoms. The first-order valence-corrected chi connectivity index (χ1v) is 12.3. The van der Waals surface area contributed by atoms with Gasteiger partial charge in [-0.25, -0.2) is 4.89 Å². The molecule has 4 nitrogen and oxygen atoms in total. The Morgan fingerprint density at radius 3 is 2.14 bits per heavy atom. The molecule has 0 saturated carbocycles. The average molecular weight is 471 g/mol. The van der Waals surface area contributed by atoms with Gasteiger partial charge in [0.15, 0.2) is 0 Å². The number of nitrogens with one attached hydrogen (secondary N) is 1. The van der Waals surface area contributed by atoms with Crippen molar-refractivity contribution in [1.29, 1.82) is 0 Å². The van der Waals surface area contributed by atoms with Gasteiger partial charge in [0.2, 0.25) is 0 Å². The van der Waals surface area contributed by atoms with Gasteiger partial charge in [0.1, 0.15) is 0 Å². The Balaban J connectivity index is -0.0000000891. The number of hydrogen-bond acceptors (Lipinski definition) is 4. The first-order chi connectivity index (χ1) is 5.72. The zero-order valence-electron chi connectivity index (χ0n) is 7.13. The van der Waals surface area contributed by atoms with Crippen LogP contribution < -0.4 is 5.32 Å². The van der Waals surface area contributed by atoms with Crippen molar-refractivity contribution in [3.05, 3.63) is 0 Å². The van der Waals surface area contributed by atoms with E-state index >= 15 is 0 Å². The molecular formula is C7H22I2N2O2V. The van der Waals surface area contributed by atoms with Gasteiger partial charge in [-0.15, -0.1) is 0 Å². The first kappa shape index (κ1) is 24.9. The molecule has 0 aliphatic rings. The Hall–Kier alpha value is 1.88. The van der Waals surface area contributed by atoms with Crippen LogP contribution in [0.2, 0.25) is 0 Å². The van der Waals surface area contributed by atoms with Gasteiger partial charge in [-0.1, -0.05) is 14.9 Å². The summed E-state index contributed by atoms with van der Waals surface area (Å²) in [7, 11) is 4.44. The van der Waals surface area contributed by atoms with E-state index in [1.54, 1.807) is 0 Å². The fourth-order valence-corrected chi connectivity index (χ4v) is 0.546. The third-order valence-electron chi connectivity index (χ3n) is 0.992. The van der Waals surface area contributed by atoms with E-state index in [0.717, 1.165) is 13.2 Å². The Bertz CT molecular complexity index is 84.7. The molecule has 0 heterocycles. The van der Waals surface area contributed by atoms with E-state index in [0.29, 0.717) is 16.1 Å². The van der Waals surface area contributed by atoms with E-state index in [1.165, 1.54) is 0 Å². The quantitative estimate of drug-likeness (QED) is 0.280. The van der Waals surface area contributed by atoms with Crippen molar-refractivity contribution in [2.75, 3.05) is 33.9 Å². The van der Waals surface area contributed by atoms with Crippen molar-refractivity contribution in [3.63, 3.8) is 0 Å². The fraction of sp³-hybridized carbons (Fsp3) is 1.00. The van der Waals surface area contributed by atoms with Gasteiger partial charge in [-0.05, 0) is 14.1 Å². The summed E-state index contributed by atoms with van der Waals surface area (Å²) >= 11 is 4.74. The molecule has 0 rings (SSSR count). The summed E-state index contributed by atoms with van der Waals surface area (Å²) in [4.78, 5) is 5.89. The molecule has 0 aromatic heterocycles. The topological polar surface area (TPSA) is 44.7 Å². The molecular weight excluding hydrogens is 449 g/mol. The number of rotatable bonds is 5. The molecule has 7 heteroatoms. The number of halogens is 2. The van der Waals surface area contributed by atoms with Gasteiger partial charge in [0.25, 0.3) is 0 Å². The second-order valence-corrected chi connectivity index (χ2v) is 13.8. The van der Waals surface area contributed by atoms with Gasteiger partial charge >= 0.3 is 49.4 Å². The number of likely N-dealkylation sites (N-methyl/N-ethyl adjacent to an activating group) is 1. The second kappa shape index (κ2) is 24.2. The molecule has 0 atom stereocenters. The summed E-state index contributed by atoms with van der Waals surface area (Å²) in [6, 6.07) is 0. The van der Waals surface area contributed by atoms with E-state index in [2.05, 4.69) is 50.2 Å². The van der Waals surface area contributed by atoms with E-state index in [-0.39, 0.29) is 14.9 Å². The average Bonchev–Trinajstić information content (AvgIpc) is 2.03. The van der Waals surface area contributed by atoms with Gasteiger partial charge in [0, 0.05) is 13.2 Å². The molecule has 0 aliphatic carbocycles. The normalized spacial score (nSPS) is 7.86. The van der Waals surface area contributed by atoms with Crippen LogP contribution in [0.1, 0.15) is 14.9 Å². The van der Waals surface area contributed by atoms with Gasteiger partial charge < -0.3 is 5.32 Å². The molecule has 0 aromatic rings. The van der Waals surface area contributed by atoms with Crippen LogP contribution in [-0.4, -0.2) is 44.1 Å². The van der Waals surface area contributed by atoms with Crippen molar-refractivity contribution in [2.24, 2.45) is 0 Å². The molecule has 0 aromatic carbocycles. The molecule has 0 fully saturated rings. The molecule has 0 saturated heterocycles. The van der Waals surface area contributed by atoms with Crippen molar-refractivity contribution in [1.82, 2.24) is 10.2 Å². The molecule has 0 radical (unpaired) electrons. The molecule has 0 bridgehead atoms. The van der Waals surface area contributed by atoms with Crippen molar-refractivity contribution in [3.8, 4) is 0 Å². The molecule has 0 amide bonds. The van der Waals surface area contributed by atoms with E-state index in [1.807, 2.05) is 19.0 Å². The van der Waals surface area contributed by atoms with Crippen molar-refractivity contribution >= 4 is 40.0 Å². The van der Waals surface area contributed by atoms with E-state index in [4.69, 9.17) is 5.26 Å². The van der Waals surface area contributed by atoms with Gasteiger partial charge in [-0.2, -0.15) is 0 Å². The predicted octanol–water partition coefficient (Wildman–Crippen LogP) is 2.63. The van der Waals surface area contributed by atoms with Crippen LogP contribution in [0.25, 0.3) is 0 Å². The third-order valence-corrected chi connectivity index (χ3v) is 0.992. The summed E-state index contributed by atoms with van der Waals surface area (Å²) in [6.07, 6.45) is 0. The van der Waals surface area contributed by atoms with Crippen LogP contribution in [0.5, 0.6) is 0 Å². The van der Waals surface area contributed by atoms with Crippen LogP contribution in [0, 0.1) is 0 Å². The zero-order chi connectivity index (χ0) is 9.82. The van der Waals surface area contributed by atoms with Crippen LogP contribution >= 0.6 is 40.0 Å². The SMILES string of the molecule is C.C.CNCN(C)CCOO.[I][V][I]. The molecule has 91 valence electrons. The number of hydrogen-bond donors (Lipinski definition) is 2. The minimum atomic E-state index is 0. The Morgan fingerprint density at radius 2 is 1.86 bits per heavy atom. The summed E-state index contributed by atoms with van der Waals surface area (Å²) in [5, 5.41) is 10.9. The van der Waals surface area contributed by atoms with Crippen LogP contribution in [0.3, 0.4) is 0 Å². The van der Waals surface area contributed by atoms with E-state index in [9.17, 15) is 0 Å². The van der Waals surface area contributed by atoms with Crippen LogP contribution in [0.4, 0.5) is 0 Å². The summed E-state index contributed by atoms with van der Waals surface area (Å²) in [6.45, 7) is 1.90. The maximum absolute atomic E-state index is 7.94. The Labute approximate surface area is 117 Å². The maximum atomic E-state index is 7.94. The van der Waals surface area contributed by atoms with Gasteiger partial charge in [-0.3, -0.25) is 10.2 Å². The second-order valence-electron chi connectivity index (χ2n) is 1.99. The summed E-state index contributed by atoms with van der Waals surface area (Å²) < 4.78 is 0. The molecule has 0 spiro atoms. The predicted molar refractivity (Wildman–Crippen MR) is 76.6 cm³/mol.